The predicted molar refractivity (Wildman–Crippen MR) is 88.5 cm³/mol. The van der Waals surface area contributed by atoms with Gasteiger partial charge in [0, 0.05) is 38.3 Å². The molecule has 22 heavy (non-hydrogen) atoms. The van der Waals surface area contributed by atoms with Gasteiger partial charge in [0.05, 0.1) is 4.92 Å². The number of carbonyl (C=O) groups excluding carboxylic acids is 1. The predicted octanol–water partition coefficient (Wildman–Crippen LogP) is 2.46. The monoisotopic (exact) mass is 345 g/mol. The number of likely N-dealkylation sites (N-methyl/N-ethyl adjacent to an activating group) is 1. The summed E-state index contributed by atoms with van der Waals surface area (Å²) in [6.45, 7) is 3.10. The zero-order valence-corrected chi connectivity index (χ0v) is 13.6. The first-order chi connectivity index (χ1) is 9.97. The molecular formula is C14H17Cl2N3O3. The number of benzene rings is 1. The number of amides is 1. The highest BCUT2D eigenvalue weighted by atomic mass is 35.5. The van der Waals surface area contributed by atoms with Crippen molar-refractivity contribution >= 4 is 41.7 Å². The van der Waals surface area contributed by atoms with Crippen LogP contribution in [0.2, 0.25) is 5.02 Å². The molecule has 0 radical (unpaired) electrons. The van der Waals surface area contributed by atoms with E-state index in [0.29, 0.717) is 18.7 Å². The third-order valence-electron chi connectivity index (χ3n) is 3.40. The summed E-state index contributed by atoms with van der Waals surface area (Å²) >= 11 is 5.74. The van der Waals surface area contributed by atoms with Gasteiger partial charge in [-0.25, -0.2) is 0 Å². The molecule has 0 atom stereocenters. The van der Waals surface area contributed by atoms with Crippen molar-refractivity contribution in [3.8, 4) is 0 Å². The van der Waals surface area contributed by atoms with Crippen molar-refractivity contribution in [2.45, 2.75) is 0 Å². The van der Waals surface area contributed by atoms with E-state index < -0.39 is 4.92 Å². The molecule has 0 aromatic heterocycles. The minimum atomic E-state index is -0.540. The number of nitrogens with zero attached hydrogens (tertiary/aromatic N) is 3. The molecule has 1 aromatic rings. The number of hydrogen-bond donors (Lipinski definition) is 0. The zero-order valence-electron chi connectivity index (χ0n) is 12.1. The van der Waals surface area contributed by atoms with Gasteiger partial charge in [-0.05, 0) is 24.8 Å². The van der Waals surface area contributed by atoms with Crippen LogP contribution in [0.4, 0.5) is 5.69 Å². The van der Waals surface area contributed by atoms with E-state index in [2.05, 4.69) is 4.90 Å². The van der Waals surface area contributed by atoms with E-state index >= 15 is 0 Å². The largest absolute Gasteiger partial charge is 0.337 e. The van der Waals surface area contributed by atoms with Crippen LogP contribution in [0.5, 0.6) is 0 Å². The van der Waals surface area contributed by atoms with Crippen LogP contribution >= 0.6 is 24.0 Å². The molecule has 1 aromatic carbocycles. The quantitative estimate of drug-likeness (QED) is 0.479. The van der Waals surface area contributed by atoms with Crippen LogP contribution in [0.1, 0.15) is 5.56 Å². The number of nitro groups is 1. The maximum absolute atomic E-state index is 12.0. The molecule has 6 nitrogen and oxygen atoms in total. The van der Waals surface area contributed by atoms with E-state index in [-0.39, 0.29) is 29.0 Å². The van der Waals surface area contributed by atoms with Crippen molar-refractivity contribution in [2.75, 3.05) is 33.2 Å². The lowest BCUT2D eigenvalue weighted by Gasteiger charge is -2.31. The van der Waals surface area contributed by atoms with Gasteiger partial charge in [0.15, 0.2) is 0 Å². The van der Waals surface area contributed by atoms with Crippen LogP contribution in [0.3, 0.4) is 0 Å². The number of nitro benzene ring substituents is 1. The van der Waals surface area contributed by atoms with Crippen LogP contribution in [0.15, 0.2) is 24.3 Å². The van der Waals surface area contributed by atoms with E-state index in [0.717, 1.165) is 13.1 Å². The number of piperazine rings is 1. The van der Waals surface area contributed by atoms with Gasteiger partial charge in [0.1, 0.15) is 5.02 Å². The molecule has 120 valence electrons. The molecule has 0 bridgehead atoms. The average Bonchev–Trinajstić information content (AvgIpc) is 2.46. The van der Waals surface area contributed by atoms with Gasteiger partial charge in [-0.2, -0.15) is 0 Å². The molecule has 8 heteroatoms. The molecule has 1 heterocycles. The highest BCUT2D eigenvalue weighted by Gasteiger charge is 2.17. The van der Waals surface area contributed by atoms with Crippen LogP contribution in [-0.2, 0) is 4.79 Å². The fraction of sp³-hybridized carbons (Fsp3) is 0.357. The van der Waals surface area contributed by atoms with Gasteiger partial charge in [-0.3, -0.25) is 14.9 Å². The summed E-state index contributed by atoms with van der Waals surface area (Å²) in [7, 11) is 2.02. The molecule has 2 rings (SSSR count). The molecule has 1 aliphatic heterocycles. The second-order valence-electron chi connectivity index (χ2n) is 4.93. The minimum Gasteiger partial charge on any atom is -0.337 e. The lowest BCUT2D eigenvalue weighted by Crippen LogP contribution is -2.46. The Hall–Kier alpha value is -1.63. The second-order valence-corrected chi connectivity index (χ2v) is 5.34. The van der Waals surface area contributed by atoms with Gasteiger partial charge >= 0.3 is 0 Å². The maximum atomic E-state index is 12.0. The van der Waals surface area contributed by atoms with Crippen LogP contribution < -0.4 is 0 Å². The number of rotatable bonds is 3. The number of halogens is 2. The molecular weight excluding hydrogens is 329 g/mol. The second kappa shape index (κ2) is 8.12. The van der Waals surface area contributed by atoms with Gasteiger partial charge in [-0.1, -0.05) is 17.7 Å². The lowest BCUT2D eigenvalue weighted by atomic mass is 10.2. The third-order valence-corrected chi connectivity index (χ3v) is 3.72. The van der Waals surface area contributed by atoms with Gasteiger partial charge in [-0.15, -0.1) is 12.4 Å². The molecule has 0 saturated carbocycles. The van der Waals surface area contributed by atoms with Crippen LogP contribution in [0.25, 0.3) is 6.08 Å². The van der Waals surface area contributed by atoms with Crippen molar-refractivity contribution in [1.29, 1.82) is 0 Å². The van der Waals surface area contributed by atoms with Crippen LogP contribution in [-0.4, -0.2) is 53.9 Å². The van der Waals surface area contributed by atoms with E-state index in [4.69, 9.17) is 11.6 Å². The fourth-order valence-electron chi connectivity index (χ4n) is 2.07. The zero-order chi connectivity index (χ0) is 15.4. The van der Waals surface area contributed by atoms with Gasteiger partial charge < -0.3 is 9.80 Å². The first-order valence-electron chi connectivity index (χ1n) is 6.57. The van der Waals surface area contributed by atoms with Crippen molar-refractivity contribution in [3.63, 3.8) is 0 Å². The highest BCUT2D eigenvalue weighted by molar-refractivity contribution is 6.32. The van der Waals surface area contributed by atoms with Crippen molar-refractivity contribution in [2.24, 2.45) is 0 Å². The molecule has 0 spiro atoms. The number of carbonyl (C=O) groups is 1. The Balaban J connectivity index is 0.00000242. The molecule has 0 unspecified atom stereocenters. The first kappa shape index (κ1) is 18.4. The third kappa shape index (κ3) is 4.69. The summed E-state index contributed by atoms with van der Waals surface area (Å²) in [5, 5.41) is 10.9. The Morgan fingerprint density at radius 3 is 2.55 bits per heavy atom. The molecule has 0 N–H and O–H groups in total. The van der Waals surface area contributed by atoms with Gasteiger partial charge in [0.2, 0.25) is 5.91 Å². The van der Waals surface area contributed by atoms with Crippen molar-refractivity contribution in [1.82, 2.24) is 9.80 Å². The molecule has 1 aliphatic rings. The average molecular weight is 346 g/mol. The van der Waals surface area contributed by atoms with E-state index in [1.807, 2.05) is 7.05 Å². The molecule has 0 aliphatic carbocycles. The van der Waals surface area contributed by atoms with Gasteiger partial charge in [0.25, 0.3) is 5.69 Å². The smallest absolute Gasteiger partial charge is 0.288 e. The summed E-state index contributed by atoms with van der Waals surface area (Å²) in [5.41, 5.74) is 0.416. The molecule has 1 fully saturated rings. The fourth-order valence-corrected chi connectivity index (χ4v) is 2.26. The number of hydrogen-bond acceptors (Lipinski definition) is 4. The SMILES string of the molecule is CN1CCN(C(=O)/C=C/c2ccc(Cl)c([N+](=O)[O-])c2)CC1.Cl. The Bertz CT molecular complexity index is 585. The first-order valence-corrected chi connectivity index (χ1v) is 6.94. The lowest BCUT2D eigenvalue weighted by molar-refractivity contribution is -0.384. The van der Waals surface area contributed by atoms with E-state index in [1.54, 1.807) is 17.0 Å². The Kier molecular flexibility index (Phi) is 6.80. The summed E-state index contributed by atoms with van der Waals surface area (Å²) in [5.74, 6) is -0.0827. The Morgan fingerprint density at radius 1 is 1.32 bits per heavy atom. The van der Waals surface area contributed by atoms with Crippen LogP contribution in [0, 0.1) is 10.1 Å². The summed E-state index contributed by atoms with van der Waals surface area (Å²) < 4.78 is 0. The standard InChI is InChI=1S/C14H16ClN3O3.ClH/c1-16-6-8-17(9-7-16)14(19)5-3-11-2-4-12(15)13(10-11)18(20)21;/h2-5,10H,6-9H2,1H3;1H/b5-3+;. The van der Waals surface area contributed by atoms with Crippen molar-refractivity contribution < 1.29 is 9.72 Å². The maximum Gasteiger partial charge on any atom is 0.288 e. The van der Waals surface area contributed by atoms with E-state index in [9.17, 15) is 14.9 Å². The van der Waals surface area contributed by atoms with Crippen molar-refractivity contribution in [3.05, 3.63) is 45.0 Å². The Morgan fingerprint density at radius 2 is 1.95 bits per heavy atom. The summed E-state index contributed by atoms with van der Waals surface area (Å²) in [4.78, 5) is 26.2. The molecule has 1 amide bonds. The summed E-state index contributed by atoms with van der Waals surface area (Å²) in [6.07, 6.45) is 3.02. The normalized spacial score (nSPS) is 15.6. The molecule has 1 saturated heterocycles. The minimum absolute atomic E-state index is 0. The summed E-state index contributed by atoms with van der Waals surface area (Å²) in [6, 6.07) is 4.46. The Labute approximate surface area is 139 Å². The van der Waals surface area contributed by atoms with E-state index in [1.165, 1.54) is 18.2 Å². The highest BCUT2D eigenvalue weighted by Crippen LogP contribution is 2.25. The topological polar surface area (TPSA) is 66.7 Å².